The van der Waals surface area contributed by atoms with Crippen LogP contribution in [0.2, 0.25) is 0 Å². The lowest BCUT2D eigenvalue weighted by Gasteiger charge is -2.53. The minimum absolute atomic E-state index is 0.00850. The summed E-state index contributed by atoms with van der Waals surface area (Å²) in [6.07, 6.45) is 11.0. The molecule has 0 aromatic rings. The van der Waals surface area contributed by atoms with Gasteiger partial charge in [-0.2, -0.15) is 0 Å². The molecule has 6 N–H and O–H groups in total. The van der Waals surface area contributed by atoms with Gasteiger partial charge in [0.15, 0.2) is 29.3 Å². The average Bonchev–Trinajstić information content (AvgIpc) is 3.65. The fraction of sp³-hybridized carbons (Fsp3) is 0.885. The molecule has 7 heterocycles. The Balaban J connectivity index is 1.13. The van der Waals surface area contributed by atoms with Crippen LogP contribution in [-0.2, 0) is 47.5 Å². The lowest BCUT2D eigenvalue weighted by Crippen LogP contribution is -2.61. The van der Waals surface area contributed by atoms with Crippen molar-refractivity contribution in [2.24, 2.45) is 23.7 Å². The van der Waals surface area contributed by atoms with E-state index >= 15 is 0 Å². The molecular weight excluding hydrogens is 881 g/mol. The molecule has 7 rings (SSSR count). The second-order valence-electron chi connectivity index (χ2n) is 21.9. The van der Waals surface area contributed by atoms with Crippen molar-refractivity contribution in [3.05, 3.63) is 24.3 Å². The molecule has 16 nitrogen and oxygen atoms in total. The monoisotopic (exact) mass is 965 g/mol. The summed E-state index contributed by atoms with van der Waals surface area (Å²) in [6.45, 7) is 6.16. The van der Waals surface area contributed by atoms with Crippen LogP contribution in [0.25, 0.3) is 0 Å². The van der Waals surface area contributed by atoms with Gasteiger partial charge in [0, 0.05) is 83.8 Å². The number of ether oxygens (including phenoxy) is 8. The van der Waals surface area contributed by atoms with Gasteiger partial charge in [0.1, 0.15) is 11.9 Å². The van der Waals surface area contributed by atoms with Crippen LogP contribution in [0.5, 0.6) is 0 Å². The Hall–Kier alpha value is -1.90. The molecule has 9 bridgehead atoms. The first-order chi connectivity index (χ1) is 32.4. The molecule has 3 spiro atoms. The smallest absolute Gasteiger partial charge is 0.332 e. The molecule has 0 radical (unpaired) electrons. The third-order valence-corrected chi connectivity index (χ3v) is 16.7. The van der Waals surface area contributed by atoms with Crippen molar-refractivity contribution >= 4 is 11.8 Å². The van der Waals surface area contributed by atoms with Crippen molar-refractivity contribution in [3.63, 3.8) is 0 Å². The van der Waals surface area contributed by atoms with E-state index in [0.29, 0.717) is 83.5 Å². The SMILES string of the molecule is CO[C@H]1C[C@H]2CC[C@H](C)[C@H](O)C[C@@]3(O)O[C@]4(CC[C@@H]3OC)CC[C@H](C)[C@H](C[C@@H](O)C[C@H](O)C[C@@H]3CCC[C@H](CC(=O)[C@H]5C[C@@]6(O[C@H]5C/C=C/C/C=C\CC(O)C(=O)O)O[C@](CC[C@@H]6C)(C1)O2)O3)O4. The molecule has 68 heavy (non-hydrogen) atoms. The van der Waals surface area contributed by atoms with Crippen LogP contribution < -0.4 is 0 Å². The van der Waals surface area contributed by atoms with Crippen molar-refractivity contribution < 1.29 is 78.1 Å². The van der Waals surface area contributed by atoms with E-state index in [4.69, 9.17) is 43.0 Å². The van der Waals surface area contributed by atoms with Gasteiger partial charge in [-0.25, -0.2) is 4.79 Å². The van der Waals surface area contributed by atoms with Crippen LogP contribution in [0.15, 0.2) is 24.3 Å². The number of aliphatic carboxylic acids is 1. The fourth-order valence-electron chi connectivity index (χ4n) is 12.4. The quantitative estimate of drug-likeness (QED) is 0.142. The Bertz CT molecular complexity index is 1710. The number of hydrogen-bond donors (Lipinski definition) is 6. The number of carbonyl (C=O) groups is 2. The van der Waals surface area contributed by atoms with E-state index in [1.807, 2.05) is 19.1 Å². The third kappa shape index (κ3) is 13.2. The van der Waals surface area contributed by atoms with Gasteiger partial charge in [-0.3, -0.25) is 4.79 Å². The first kappa shape index (κ1) is 53.9. The standard InChI is InChI=1S/C52H84O16/c1-32-16-17-39-27-40(61-4)29-50(64-39)22-19-34(3)52(68-50)30-41(45(66-52)15-10-8-6-7-9-14-42(55)48(58)59)43(56)28-38-13-11-12-37(63-38)25-35(53)24-36(54)26-46-33(2)18-21-49(65-46)23-20-47(62-5)51(60,67-49)31-44(32)57/h7-10,32-42,44-47,53-55,57,60H,6,11-31H2,1-5H3,(H,58,59)/b9-7-,10-8+/t32-,33-,34-,35-,36-,37-,38+,39+,40-,41+,42?,44+,45-,46-,47-,49-,50+,51+,52+/m0/s1. The van der Waals surface area contributed by atoms with Crippen molar-refractivity contribution in [2.75, 3.05) is 14.2 Å². The molecule has 7 aliphatic heterocycles. The number of carbonyl (C=O) groups excluding carboxylic acids is 1. The molecule has 0 aliphatic carbocycles. The van der Waals surface area contributed by atoms with Crippen LogP contribution >= 0.6 is 0 Å². The first-order valence-electron chi connectivity index (χ1n) is 26.0. The second-order valence-corrected chi connectivity index (χ2v) is 21.9. The maximum Gasteiger partial charge on any atom is 0.332 e. The highest BCUT2D eigenvalue weighted by Gasteiger charge is 2.61. The maximum atomic E-state index is 14.6. The van der Waals surface area contributed by atoms with E-state index in [2.05, 4.69) is 13.8 Å². The Morgan fingerprint density at radius 3 is 2.25 bits per heavy atom. The topological polar surface area (TPSA) is 229 Å². The van der Waals surface area contributed by atoms with E-state index in [9.17, 15) is 35.1 Å². The highest BCUT2D eigenvalue weighted by molar-refractivity contribution is 5.82. The zero-order valence-corrected chi connectivity index (χ0v) is 41.3. The normalized spacial score (nSPS) is 46.3. The van der Waals surface area contributed by atoms with Gasteiger partial charge in [-0.1, -0.05) is 45.1 Å². The number of carboxylic acid groups (broad SMARTS) is 1. The number of ketones is 1. The molecule has 1 unspecified atom stereocenters. The number of aliphatic hydroxyl groups excluding tert-OH is 4. The lowest BCUT2D eigenvalue weighted by atomic mass is 9.80. The second kappa shape index (κ2) is 23.3. The molecule has 0 saturated carbocycles. The molecule has 7 fully saturated rings. The Morgan fingerprint density at radius 2 is 1.49 bits per heavy atom. The Morgan fingerprint density at radius 1 is 0.750 bits per heavy atom. The summed E-state index contributed by atoms with van der Waals surface area (Å²) in [4.78, 5) is 25.6. The van der Waals surface area contributed by atoms with Gasteiger partial charge in [0.25, 0.3) is 0 Å². The lowest BCUT2D eigenvalue weighted by molar-refractivity contribution is -0.422. The number of carboxylic acids is 1. The predicted molar refractivity (Wildman–Crippen MR) is 248 cm³/mol. The first-order valence-corrected chi connectivity index (χ1v) is 26.0. The summed E-state index contributed by atoms with van der Waals surface area (Å²) in [5.74, 6) is -7.01. The van der Waals surface area contributed by atoms with E-state index < -0.39 is 71.7 Å². The molecule has 0 amide bonds. The minimum atomic E-state index is -1.82. The molecule has 0 aromatic carbocycles. The van der Waals surface area contributed by atoms with E-state index in [1.165, 1.54) is 0 Å². The van der Waals surface area contributed by atoms with Crippen molar-refractivity contribution in [2.45, 2.75) is 252 Å². The maximum absolute atomic E-state index is 14.6. The molecule has 0 aromatic heterocycles. The van der Waals surface area contributed by atoms with Gasteiger partial charge in [0.05, 0.1) is 54.9 Å². The van der Waals surface area contributed by atoms with Gasteiger partial charge in [-0.15, -0.1) is 0 Å². The average molecular weight is 965 g/mol. The highest BCUT2D eigenvalue weighted by Crippen LogP contribution is 2.54. The predicted octanol–water partition coefficient (Wildman–Crippen LogP) is 6.15. The highest BCUT2D eigenvalue weighted by atomic mass is 16.8. The van der Waals surface area contributed by atoms with Gasteiger partial charge < -0.3 is 68.5 Å². The van der Waals surface area contributed by atoms with E-state index in [1.54, 1.807) is 26.4 Å². The Kier molecular flexibility index (Phi) is 18.5. The number of hydrogen-bond acceptors (Lipinski definition) is 15. The molecule has 19 atom stereocenters. The van der Waals surface area contributed by atoms with Crippen LogP contribution in [0.1, 0.15) is 162 Å². The molecule has 16 heteroatoms. The molecule has 7 aliphatic rings. The number of aliphatic hydroxyl groups is 5. The largest absolute Gasteiger partial charge is 0.479 e. The summed E-state index contributed by atoms with van der Waals surface area (Å²) in [5.41, 5.74) is 0. The number of fused-ring (bicyclic) bond motifs is 6. The van der Waals surface area contributed by atoms with Gasteiger partial charge in [-0.05, 0) is 95.3 Å². The van der Waals surface area contributed by atoms with Crippen molar-refractivity contribution in [1.82, 2.24) is 0 Å². The van der Waals surface area contributed by atoms with Crippen LogP contribution in [-0.4, -0.2) is 147 Å². The Labute approximate surface area is 403 Å². The molecular formula is C52H84O16. The molecule has 388 valence electrons. The van der Waals surface area contributed by atoms with Crippen molar-refractivity contribution in [3.8, 4) is 0 Å². The number of rotatable bonds is 9. The summed E-state index contributed by atoms with van der Waals surface area (Å²) >= 11 is 0. The summed E-state index contributed by atoms with van der Waals surface area (Å²) in [6, 6.07) is 0. The van der Waals surface area contributed by atoms with Gasteiger partial charge in [0.2, 0.25) is 0 Å². The van der Waals surface area contributed by atoms with Gasteiger partial charge >= 0.3 is 5.97 Å². The van der Waals surface area contributed by atoms with E-state index in [-0.39, 0.29) is 86.2 Å². The number of Topliss-reactive ketones (excluding diaryl/α,β-unsaturated/α-hetero) is 1. The zero-order valence-electron chi connectivity index (χ0n) is 41.3. The minimum Gasteiger partial charge on any atom is -0.479 e. The summed E-state index contributed by atoms with van der Waals surface area (Å²) in [5, 5.41) is 65.3. The third-order valence-electron chi connectivity index (χ3n) is 16.7. The van der Waals surface area contributed by atoms with Crippen LogP contribution in [0.4, 0.5) is 0 Å². The van der Waals surface area contributed by atoms with Crippen LogP contribution in [0.3, 0.4) is 0 Å². The zero-order chi connectivity index (χ0) is 48.9. The molecule has 7 saturated heterocycles. The summed E-state index contributed by atoms with van der Waals surface area (Å²) < 4.78 is 52.9. The number of methoxy groups -OCH3 is 2. The fourth-order valence-corrected chi connectivity index (χ4v) is 12.4. The summed E-state index contributed by atoms with van der Waals surface area (Å²) in [7, 11) is 3.24. The van der Waals surface area contributed by atoms with E-state index in [0.717, 1.165) is 25.7 Å². The van der Waals surface area contributed by atoms with Crippen LogP contribution in [0, 0.1) is 23.7 Å². The van der Waals surface area contributed by atoms with Crippen molar-refractivity contribution in [1.29, 1.82) is 0 Å². The number of allylic oxidation sites excluding steroid dienone is 2.